The molecule has 8 nitrogen and oxygen atoms in total. The lowest BCUT2D eigenvalue weighted by Gasteiger charge is -2.13. The van der Waals surface area contributed by atoms with Gasteiger partial charge >= 0.3 is 6.01 Å². The van der Waals surface area contributed by atoms with Gasteiger partial charge in [-0.05, 0) is 43.2 Å². The number of nitrogens with zero attached hydrogens (tertiary/aromatic N) is 4. The Kier molecular flexibility index (Phi) is 3.82. The molecule has 8 heteroatoms. The first kappa shape index (κ1) is 16.5. The van der Waals surface area contributed by atoms with Crippen molar-refractivity contribution in [3.8, 4) is 17.6 Å². The minimum absolute atomic E-state index is 0.0199. The van der Waals surface area contributed by atoms with Gasteiger partial charge in [0.2, 0.25) is 5.88 Å². The molecule has 0 spiro atoms. The number of carbonyl (C=O) groups excluding carboxylic acids is 1. The number of aromatic nitrogens is 4. The van der Waals surface area contributed by atoms with Crippen LogP contribution in [0.1, 0.15) is 23.3 Å². The molecule has 0 unspecified atom stereocenters. The number of hydrogen-bond donors (Lipinski definition) is 2. The number of aromatic amines is 1. The quantitative estimate of drug-likeness (QED) is 0.570. The number of nitrogens with one attached hydrogen (secondary N) is 1. The molecule has 1 fully saturated rings. The molecule has 1 aromatic carbocycles. The van der Waals surface area contributed by atoms with E-state index in [1.54, 1.807) is 24.4 Å². The van der Waals surface area contributed by atoms with Crippen LogP contribution in [-0.2, 0) is 0 Å². The average Bonchev–Trinajstić information content (AvgIpc) is 3.37. The second-order valence-electron chi connectivity index (χ2n) is 6.76. The highest BCUT2D eigenvalue weighted by Gasteiger charge is 2.21. The molecule has 4 heterocycles. The van der Waals surface area contributed by atoms with E-state index < -0.39 is 0 Å². The number of likely N-dealkylation sites (tertiary alicyclic amines) is 1. The highest BCUT2D eigenvalue weighted by molar-refractivity contribution is 5.98. The van der Waals surface area contributed by atoms with Crippen LogP contribution in [0, 0.1) is 0 Å². The zero-order valence-electron chi connectivity index (χ0n) is 14.9. The fraction of sp³-hybridized carbons (Fsp3) is 0.200. The van der Waals surface area contributed by atoms with Crippen molar-refractivity contribution in [1.29, 1.82) is 0 Å². The first-order valence-electron chi connectivity index (χ1n) is 9.08. The van der Waals surface area contributed by atoms with Gasteiger partial charge in [0.1, 0.15) is 11.4 Å². The van der Waals surface area contributed by atoms with Crippen LogP contribution < -0.4 is 4.74 Å². The molecule has 140 valence electrons. The van der Waals surface area contributed by atoms with Crippen molar-refractivity contribution >= 4 is 27.7 Å². The largest absolute Gasteiger partial charge is 0.493 e. The number of amides is 1. The van der Waals surface area contributed by atoms with Gasteiger partial charge < -0.3 is 19.7 Å². The molecule has 0 bridgehead atoms. The Morgan fingerprint density at radius 3 is 2.86 bits per heavy atom. The zero-order valence-corrected chi connectivity index (χ0v) is 14.9. The second kappa shape index (κ2) is 6.49. The van der Waals surface area contributed by atoms with Gasteiger partial charge in [-0.15, -0.1) is 0 Å². The predicted molar refractivity (Wildman–Crippen MR) is 103 cm³/mol. The summed E-state index contributed by atoms with van der Waals surface area (Å²) in [6.07, 6.45) is 5.21. The van der Waals surface area contributed by atoms with E-state index in [0.717, 1.165) is 36.8 Å². The lowest BCUT2D eigenvalue weighted by molar-refractivity contribution is 0.0788. The topological polar surface area (TPSA) is 104 Å². The van der Waals surface area contributed by atoms with E-state index in [0.29, 0.717) is 22.3 Å². The van der Waals surface area contributed by atoms with E-state index in [1.165, 1.54) is 6.20 Å². The third-order valence-electron chi connectivity index (χ3n) is 4.88. The Labute approximate surface area is 159 Å². The van der Waals surface area contributed by atoms with Crippen LogP contribution in [0.5, 0.6) is 17.6 Å². The first-order valence-corrected chi connectivity index (χ1v) is 9.08. The number of H-pyrrole nitrogens is 1. The standard InChI is InChI=1S/C20H17N5O3/c26-18-14-5-6-21-11-17(14)23-20(24-18)28-13-3-4-15-12(9-13)10-16(22-15)19(27)25-7-1-2-8-25/h3-6,9-11,22H,1-2,7-8H2,(H,23,24,26). The fourth-order valence-corrected chi connectivity index (χ4v) is 3.47. The van der Waals surface area contributed by atoms with Crippen molar-refractivity contribution in [1.82, 2.24) is 24.8 Å². The second-order valence-corrected chi connectivity index (χ2v) is 6.76. The van der Waals surface area contributed by atoms with Gasteiger partial charge in [-0.25, -0.2) is 0 Å². The molecule has 1 aliphatic heterocycles. The Hall–Kier alpha value is -3.68. The molecule has 1 saturated heterocycles. The highest BCUT2D eigenvalue weighted by Crippen LogP contribution is 2.28. The smallest absolute Gasteiger partial charge is 0.325 e. The van der Waals surface area contributed by atoms with E-state index in [4.69, 9.17) is 4.74 Å². The number of pyridine rings is 1. The van der Waals surface area contributed by atoms with Gasteiger partial charge in [-0.1, -0.05) is 0 Å². The lowest BCUT2D eigenvalue weighted by atomic mass is 10.2. The number of benzene rings is 1. The molecule has 0 saturated carbocycles. The number of carbonyl (C=O) groups is 1. The predicted octanol–water partition coefficient (Wildman–Crippen LogP) is 3.24. The summed E-state index contributed by atoms with van der Waals surface area (Å²) in [6, 6.07) is 8.90. The third-order valence-corrected chi connectivity index (χ3v) is 4.88. The van der Waals surface area contributed by atoms with Crippen LogP contribution in [-0.4, -0.2) is 48.9 Å². The number of aromatic hydroxyl groups is 1. The minimum atomic E-state index is -0.163. The summed E-state index contributed by atoms with van der Waals surface area (Å²) in [5.41, 5.74) is 1.91. The normalized spacial score (nSPS) is 14.1. The van der Waals surface area contributed by atoms with Crippen LogP contribution in [0.2, 0.25) is 0 Å². The molecule has 1 aliphatic rings. The van der Waals surface area contributed by atoms with Crippen molar-refractivity contribution in [3.05, 3.63) is 48.4 Å². The summed E-state index contributed by atoms with van der Waals surface area (Å²) in [5, 5.41) is 11.4. The molecule has 5 rings (SSSR count). The maximum Gasteiger partial charge on any atom is 0.325 e. The number of rotatable bonds is 3. The average molecular weight is 375 g/mol. The van der Waals surface area contributed by atoms with Gasteiger partial charge in [0.15, 0.2) is 0 Å². The van der Waals surface area contributed by atoms with Gasteiger partial charge in [-0.2, -0.15) is 9.97 Å². The van der Waals surface area contributed by atoms with Gasteiger partial charge in [0.05, 0.1) is 17.1 Å². The van der Waals surface area contributed by atoms with Gasteiger partial charge in [-0.3, -0.25) is 9.78 Å². The molecule has 3 aromatic heterocycles. The molecule has 1 amide bonds. The Morgan fingerprint density at radius 1 is 1.14 bits per heavy atom. The van der Waals surface area contributed by atoms with Crippen molar-refractivity contribution < 1.29 is 14.6 Å². The van der Waals surface area contributed by atoms with Crippen molar-refractivity contribution in [2.75, 3.05) is 13.1 Å². The molecular weight excluding hydrogens is 358 g/mol. The molecule has 0 radical (unpaired) electrons. The van der Waals surface area contributed by atoms with E-state index >= 15 is 0 Å². The third kappa shape index (κ3) is 2.88. The van der Waals surface area contributed by atoms with Crippen LogP contribution >= 0.6 is 0 Å². The summed E-state index contributed by atoms with van der Waals surface area (Å²) in [4.78, 5) is 29.9. The SMILES string of the molecule is O=C(c1cc2cc(Oc3nc(O)c4ccncc4n3)ccc2[nH]1)N1CCCC1. The maximum absolute atomic E-state index is 12.6. The maximum atomic E-state index is 12.6. The molecule has 0 atom stereocenters. The van der Waals surface area contributed by atoms with Crippen molar-refractivity contribution in [2.24, 2.45) is 0 Å². The Bertz CT molecular complexity index is 1200. The van der Waals surface area contributed by atoms with Crippen molar-refractivity contribution in [2.45, 2.75) is 12.8 Å². The molecule has 0 aliphatic carbocycles. The molecule has 28 heavy (non-hydrogen) atoms. The number of fused-ring (bicyclic) bond motifs is 2. The van der Waals surface area contributed by atoms with Crippen LogP contribution in [0.4, 0.5) is 0 Å². The van der Waals surface area contributed by atoms with Gasteiger partial charge in [0.25, 0.3) is 5.91 Å². The van der Waals surface area contributed by atoms with E-state index in [9.17, 15) is 9.90 Å². The lowest BCUT2D eigenvalue weighted by Crippen LogP contribution is -2.27. The monoisotopic (exact) mass is 375 g/mol. The Morgan fingerprint density at radius 2 is 2.00 bits per heavy atom. The van der Waals surface area contributed by atoms with E-state index in [2.05, 4.69) is 19.9 Å². The summed E-state index contributed by atoms with van der Waals surface area (Å²) in [6.45, 7) is 1.61. The first-order chi connectivity index (χ1) is 13.7. The molecule has 4 aromatic rings. The molecular formula is C20H17N5O3. The van der Waals surface area contributed by atoms with E-state index in [1.807, 2.05) is 17.0 Å². The minimum Gasteiger partial charge on any atom is -0.493 e. The molecule has 2 N–H and O–H groups in total. The number of ether oxygens (including phenoxy) is 1. The van der Waals surface area contributed by atoms with E-state index in [-0.39, 0.29) is 17.8 Å². The van der Waals surface area contributed by atoms with Crippen LogP contribution in [0.3, 0.4) is 0 Å². The Balaban J connectivity index is 1.44. The fourth-order valence-electron chi connectivity index (χ4n) is 3.47. The summed E-state index contributed by atoms with van der Waals surface area (Å²) in [7, 11) is 0. The van der Waals surface area contributed by atoms with Crippen molar-refractivity contribution in [3.63, 3.8) is 0 Å². The zero-order chi connectivity index (χ0) is 19.1. The van der Waals surface area contributed by atoms with Crippen LogP contribution in [0.15, 0.2) is 42.7 Å². The van der Waals surface area contributed by atoms with Gasteiger partial charge in [0, 0.05) is 30.2 Å². The summed E-state index contributed by atoms with van der Waals surface area (Å²) >= 11 is 0. The highest BCUT2D eigenvalue weighted by atomic mass is 16.5. The summed E-state index contributed by atoms with van der Waals surface area (Å²) in [5.74, 6) is 0.365. The summed E-state index contributed by atoms with van der Waals surface area (Å²) < 4.78 is 5.73. The van der Waals surface area contributed by atoms with Crippen LogP contribution in [0.25, 0.3) is 21.8 Å². The number of hydrogen-bond acceptors (Lipinski definition) is 6.